The van der Waals surface area contributed by atoms with Gasteiger partial charge >= 0.3 is 0 Å². The Balaban J connectivity index is 2.48. The summed E-state index contributed by atoms with van der Waals surface area (Å²) in [7, 11) is 1.98. The number of ether oxygens (including phenoxy) is 1. The van der Waals surface area contributed by atoms with E-state index in [1.165, 1.54) is 0 Å². The molecule has 1 unspecified atom stereocenters. The lowest BCUT2D eigenvalue weighted by Gasteiger charge is -2.17. The second-order valence-corrected chi connectivity index (χ2v) is 5.11. The molecule has 0 spiro atoms. The van der Waals surface area contributed by atoms with E-state index in [2.05, 4.69) is 5.32 Å². The van der Waals surface area contributed by atoms with Gasteiger partial charge < -0.3 is 10.1 Å². The highest BCUT2D eigenvalue weighted by Crippen LogP contribution is 2.22. The summed E-state index contributed by atoms with van der Waals surface area (Å²) in [6.07, 6.45) is 3.01. The van der Waals surface area contributed by atoms with E-state index in [-0.39, 0.29) is 0 Å². The van der Waals surface area contributed by atoms with Crippen LogP contribution in [-0.2, 0) is 11.2 Å². The van der Waals surface area contributed by atoms with Crippen LogP contribution in [0.25, 0.3) is 0 Å². The predicted molar refractivity (Wildman–Crippen MR) is 78.7 cm³/mol. The van der Waals surface area contributed by atoms with E-state index in [1.54, 1.807) is 0 Å². The minimum absolute atomic E-state index is 0.404. The number of nitrogens with one attached hydrogen (secondary N) is 1. The van der Waals surface area contributed by atoms with Crippen molar-refractivity contribution >= 4 is 23.2 Å². The van der Waals surface area contributed by atoms with Crippen LogP contribution in [-0.4, -0.2) is 26.3 Å². The molecule has 102 valence electrons. The van der Waals surface area contributed by atoms with Gasteiger partial charge in [-0.25, -0.2) is 0 Å². The molecule has 0 saturated carbocycles. The van der Waals surface area contributed by atoms with Crippen molar-refractivity contribution in [2.45, 2.75) is 32.2 Å². The fourth-order valence-electron chi connectivity index (χ4n) is 1.89. The van der Waals surface area contributed by atoms with Gasteiger partial charge in [0.25, 0.3) is 0 Å². The van der Waals surface area contributed by atoms with Crippen molar-refractivity contribution in [3.05, 3.63) is 33.8 Å². The molecule has 0 saturated heterocycles. The zero-order chi connectivity index (χ0) is 13.4. The first-order chi connectivity index (χ1) is 8.67. The molecule has 1 aromatic carbocycles. The SMILES string of the molecule is CCOCCCC(Cc1cc(Cl)ccc1Cl)NC. The van der Waals surface area contributed by atoms with Crippen molar-refractivity contribution in [3.63, 3.8) is 0 Å². The summed E-state index contributed by atoms with van der Waals surface area (Å²) < 4.78 is 5.35. The Morgan fingerprint density at radius 3 is 2.78 bits per heavy atom. The summed E-state index contributed by atoms with van der Waals surface area (Å²) in [4.78, 5) is 0. The third-order valence-corrected chi connectivity index (χ3v) is 3.53. The first kappa shape index (κ1) is 15.8. The Morgan fingerprint density at radius 2 is 2.11 bits per heavy atom. The minimum atomic E-state index is 0.404. The second-order valence-electron chi connectivity index (χ2n) is 4.26. The van der Waals surface area contributed by atoms with Crippen LogP contribution in [0, 0.1) is 0 Å². The standard InChI is InChI=1S/C14H21Cl2NO/c1-3-18-8-4-5-13(17-2)10-11-9-12(15)6-7-14(11)16/h6-7,9,13,17H,3-5,8,10H2,1-2H3. The van der Waals surface area contributed by atoms with E-state index in [0.717, 1.165) is 48.1 Å². The Bertz CT molecular complexity index is 358. The summed E-state index contributed by atoms with van der Waals surface area (Å²) in [6, 6.07) is 6.01. The van der Waals surface area contributed by atoms with E-state index < -0.39 is 0 Å². The second kappa shape index (κ2) is 8.76. The van der Waals surface area contributed by atoms with Gasteiger partial charge in [-0.2, -0.15) is 0 Å². The van der Waals surface area contributed by atoms with Crippen LogP contribution < -0.4 is 5.32 Å². The smallest absolute Gasteiger partial charge is 0.0466 e. The third-order valence-electron chi connectivity index (χ3n) is 2.93. The van der Waals surface area contributed by atoms with Crippen LogP contribution in [0.1, 0.15) is 25.3 Å². The highest BCUT2D eigenvalue weighted by atomic mass is 35.5. The number of hydrogen-bond donors (Lipinski definition) is 1. The molecule has 0 aromatic heterocycles. The van der Waals surface area contributed by atoms with Crippen LogP contribution in [0.2, 0.25) is 10.0 Å². The Kier molecular flexibility index (Phi) is 7.68. The fraction of sp³-hybridized carbons (Fsp3) is 0.571. The average molecular weight is 290 g/mol. The lowest BCUT2D eigenvalue weighted by Crippen LogP contribution is -2.28. The Labute approximate surface area is 120 Å². The zero-order valence-electron chi connectivity index (χ0n) is 11.0. The maximum Gasteiger partial charge on any atom is 0.0466 e. The molecule has 1 aromatic rings. The molecule has 0 fully saturated rings. The molecule has 0 bridgehead atoms. The molecule has 1 rings (SSSR count). The van der Waals surface area contributed by atoms with Crippen LogP contribution in [0.5, 0.6) is 0 Å². The zero-order valence-corrected chi connectivity index (χ0v) is 12.5. The maximum absolute atomic E-state index is 6.17. The van der Waals surface area contributed by atoms with E-state index in [4.69, 9.17) is 27.9 Å². The van der Waals surface area contributed by atoms with Gasteiger partial charge in [-0.05, 0) is 57.0 Å². The van der Waals surface area contributed by atoms with Gasteiger partial charge in [0.2, 0.25) is 0 Å². The monoisotopic (exact) mass is 289 g/mol. The van der Waals surface area contributed by atoms with Crippen LogP contribution in [0.4, 0.5) is 0 Å². The molecule has 1 atom stereocenters. The quantitative estimate of drug-likeness (QED) is 0.732. The van der Waals surface area contributed by atoms with E-state index in [9.17, 15) is 0 Å². The van der Waals surface area contributed by atoms with Crippen molar-refractivity contribution < 1.29 is 4.74 Å². The molecule has 0 heterocycles. The van der Waals surface area contributed by atoms with Gasteiger partial charge in [0.15, 0.2) is 0 Å². The molecule has 0 aliphatic heterocycles. The molecule has 0 amide bonds. The van der Waals surface area contributed by atoms with Gasteiger partial charge in [-0.15, -0.1) is 0 Å². The van der Waals surface area contributed by atoms with Gasteiger partial charge in [-0.3, -0.25) is 0 Å². The number of halogens is 2. The van der Waals surface area contributed by atoms with Crippen molar-refractivity contribution in [2.75, 3.05) is 20.3 Å². The molecule has 2 nitrogen and oxygen atoms in total. The fourth-order valence-corrected chi connectivity index (χ4v) is 2.28. The topological polar surface area (TPSA) is 21.3 Å². The first-order valence-electron chi connectivity index (χ1n) is 6.36. The largest absolute Gasteiger partial charge is 0.382 e. The lowest BCUT2D eigenvalue weighted by atomic mass is 10.0. The van der Waals surface area contributed by atoms with Crippen molar-refractivity contribution in [3.8, 4) is 0 Å². The Morgan fingerprint density at radius 1 is 1.33 bits per heavy atom. The van der Waals surface area contributed by atoms with Gasteiger partial charge in [0, 0.05) is 29.3 Å². The van der Waals surface area contributed by atoms with Crippen LogP contribution in [0.3, 0.4) is 0 Å². The molecule has 4 heteroatoms. The van der Waals surface area contributed by atoms with E-state index in [1.807, 2.05) is 32.2 Å². The molecular formula is C14H21Cl2NO. The summed E-state index contributed by atoms with van der Waals surface area (Å²) in [5.41, 5.74) is 1.10. The number of benzene rings is 1. The minimum Gasteiger partial charge on any atom is -0.382 e. The predicted octanol–water partition coefficient (Wildman–Crippen LogP) is 3.94. The molecule has 1 N–H and O–H groups in total. The summed E-state index contributed by atoms with van der Waals surface area (Å²) in [5.74, 6) is 0. The molecular weight excluding hydrogens is 269 g/mol. The summed E-state index contributed by atoms with van der Waals surface area (Å²) in [6.45, 7) is 3.61. The number of likely N-dealkylation sites (N-methyl/N-ethyl adjacent to an activating group) is 1. The molecule has 0 radical (unpaired) electrons. The van der Waals surface area contributed by atoms with Gasteiger partial charge in [0.05, 0.1) is 0 Å². The summed E-state index contributed by atoms with van der Waals surface area (Å²) >= 11 is 12.2. The first-order valence-corrected chi connectivity index (χ1v) is 7.12. The Hall–Kier alpha value is -0.280. The van der Waals surface area contributed by atoms with Gasteiger partial charge in [0.1, 0.15) is 0 Å². The normalized spacial score (nSPS) is 12.7. The third kappa shape index (κ3) is 5.57. The summed E-state index contributed by atoms with van der Waals surface area (Å²) in [5, 5.41) is 4.83. The van der Waals surface area contributed by atoms with Crippen molar-refractivity contribution in [1.29, 1.82) is 0 Å². The highest BCUT2D eigenvalue weighted by molar-refractivity contribution is 6.33. The van der Waals surface area contributed by atoms with Gasteiger partial charge in [-0.1, -0.05) is 23.2 Å². The van der Waals surface area contributed by atoms with Crippen molar-refractivity contribution in [2.24, 2.45) is 0 Å². The van der Waals surface area contributed by atoms with Crippen LogP contribution in [0.15, 0.2) is 18.2 Å². The number of rotatable bonds is 8. The molecule has 0 aliphatic rings. The van der Waals surface area contributed by atoms with Crippen molar-refractivity contribution in [1.82, 2.24) is 5.32 Å². The maximum atomic E-state index is 6.17. The highest BCUT2D eigenvalue weighted by Gasteiger charge is 2.10. The van der Waals surface area contributed by atoms with E-state index in [0.29, 0.717) is 6.04 Å². The lowest BCUT2D eigenvalue weighted by molar-refractivity contribution is 0.141. The average Bonchev–Trinajstić information content (AvgIpc) is 2.37. The van der Waals surface area contributed by atoms with E-state index >= 15 is 0 Å². The number of hydrogen-bond acceptors (Lipinski definition) is 2. The molecule has 18 heavy (non-hydrogen) atoms. The molecule has 0 aliphatic carbocycles. The van der Waals surface area contributed by atoms with Crippen LogP contribution >= 0.6 is 23.2 Å².